The second-order valence-corrected chi connectivity index (χ2v) is 8.29. The third-order valence-corrected chi connectivity index (χ3v) is 6.50. The van der Waals surface area contributed by atoms with Crippen molar-refractivity contribution in [3.05, 3.63) is 52.3 Å². The number of amides is 1. The molecule has 1 amide bonds. The second kappa shape index (κ2) is 7.62. The number of benzene rings is 2. The van der Waals surface area contributed by atoms with E-state index in [1.807, 2.05) is 6.07 Å². The van der Waals surface area contributed by atoms with Gasteiger partial charge in [0.2, 0.25) is 5.91 Å². The lowest BCUT2D eigenvalue weighted by Crippen LogP contribution is -2.38. The largest absolute Gasteiger partial charge is 0.348 e. The van der Waals surface area contributed by atoms with E-state index in [1.54, 1.807) is 24.3 Å². The highest BCUT2D eigenvalue weighted by Crippen LogP contribution is 2.33. The molecule has 0 atom stereocenters. The molecule has 1 saturated heterocycles. The number of carbonyl (C=O) groups is 1. The third kappa shape index (κ3) is 3.88. The summed E-state index contributed by atoms with van der Waals surface area (Å²) in [4.78, 5) is 19.1. The molecule has 1 aromatic heterocycles. The molecule has 1 N–H and O–H groups in total. The molecule has 4 nitrogen and oxygen atoms in total. The number of piperidine rings is 1. The Kier molecular flexibility index (Phi) is 5.21. The second-order valence-electron chi connectivity index (χ2n) is 6.46. The molecule has 140 valence electrons. The summed E-state index contributed by atoms with van der Waals surface area (Å²) in [5, 5.41) is 4.57. The molecule has 0 aliphatic carbocycles. The van der Waals surface area contributed by atoms with Crippen molar-refractivity contribution in [2.75, 3.05) is 23.3 Å². The van der Waals surface area contributed by atoms with E-state index in [0.717, 1.165) is 9.83 Å². The zero-order chi connectivity index (χ0) is 19.0. The summed E-state index contributed by atoms with van der Waals surface area (Å²) in [6.07, 6.45) is 1.43. The summed E-state index contributed by atoms with van der Waals surface area (Å²) in [5.41, 5.74) is 1.05. The van der Waals surface area contributed by atoms with Gasteiger partial charge in [0.1, 0.15) is 11.3 Å². The third-order valence-electron chi connectivity index (χ3n) is 4.68. The quantitative estimate of drug-likeness (QED) is 0.596. The summed E-state index contributed by atoms with van der Waals surface area (Å²) < 4.78 is 14.7. The number of rotatable bonds is 3. The highest BCUT2D eigenvalue weighted by atomic mass is 35.5. The molecule has 0 unspecified atom stereocenters. The zero-order valence-electron chi connectivity index (χ0n) is 14.2. The molecule has 0 saturated carbocycles. The van der Waals surface area contributed by atoms with Gasteiger partial charge in [-0.1, -0.05) is 40.6 Å². The predicted octanol–water partition coefficient (Wildman–Crippen LogP) is 5.60. The summed E-state index contributed by atoms with van der Waals surface area (Å²) >= 11 is 13.4. The van der Waals surface area contributed by atoms with Gasteiger partial charge < -0.3 is 10.2 Å². The average Bonchev–Trinajstić information content (AvgIpc) is 3.11. The Morgan fingerprint density at radius 3 is 2.67 bits per heavy atom. The Morgan fingerprint density at radius 2 is 1.96 bits per heavy atom. The fourth-order valence-electron chi connectivity index (χ4n) is 3.19. The van der Waals surface area contributed by atoms with Gasteiger partial charge in [-0.3, -0.25) is 4.79 Å². The van der Waals surface area contributed by atoms with Gasteiger partial charge in [-0.2, -0.15) is 0 Å². The van der Waals surface area contributed by atoms with Crippen LogP contribution in [0.15, 0.2) is 36.4 Å². The van der Waals surface area contributed by atoms with Crippen LogP contribution in [0, 0.1) is 11.7 Å². The number of thiazole rings is 1. The first-order valence-electron chi connectivity index (χ1n) is 8.57. The smallest absolute Gasteiger partial charge is 0.227 e. The lowest BCUT2D eigenvalue weighted by molar-refractivity contribution is -0.120. The molecule has 2 aromatic carbocycles. The number of hydrogen-bond acceptors (Lipinski definition) is 4. The van der Waals surface area contributed by atoms with Crippen molar-refractivity contribution >= 4 is 61.5 Å². The normalized spacial score (nSPS) is 15.3. The van der Waals surface area contributed by atoms with E-state index in [4.69, 9.17) is 23.2 Å². The Labute approximate surface area is 169 Å². The van der Waals surface area contributed by atoms with Crippen molar-refractivity contribution in [1.29, 1.82) is 0 Å². The molecule has 1 aliphatic heterocycles. The first kappa shape index (κ1) is 18.5. The fourth-order valence-corrected chi connectivity index (χ4v) is 4.52. The molecular weight excluding hydrogens is 408 g/mol. The van der Waals surface area contributed by atoms with Crippen LogP contribution in [0.1, 0.15) is 12.8 Å². The maximum atomic E-state index is 13.9. The molecule has 3 aromatic rings. The maximum absolute atomic E-state index is 13.9. The minimum Gasteiger partial charge on any atom is -0.348 e. The minimum absolute atomic E-state index is 0.0246. The van der Waals surface area contributed by atoms with Crippen LogP contribution in [0.2, 0.25) is 10.0 Å². The summed E-state index contributed by atoms with van der Waals surface area (Å²) in [5.74, 6) is -0.406. The Bertz CT molecular complexity index is 1000. The van der Waals surface area contributed by atoms with E-state index in [9.17, 15) is 9.18 Å². The fraction of sp³-hybridized carbons (Fsp3) is 0.263. The molecule has 0 spiro atoms. The number of anilines is 2. The molecule has 0 bridgehead atoms. The molecule has 0 radical (unpaired) electrons. The number of nitrogens with one attached hydrogen (secondary N) is 1. The van der Waals surface area contributed by atoms with Crippen LogP contribution in [0.4, 0.5) is 15.2 Å². The van der Waals surface area contributed by atoms with Gasteiger partial charge in [-0.15, -0.1) is 0 Å². The Morgan fingerprint density at radius 1 is 1.19 bits per heavy atom. The van der Waals surface area contributed by atoms with Crippen LogP contribution in [-0.2, 0) is 4.79 Å². The molecule has 1 aliphatic rings. The molecule has 27 heavy (non-hydrogen) atoms. The molecule has 1 fully saturated rings. The van der Waals surface area contributed by atoms with Crippen LogP contribution in [0.25, 0.3) is 10.2 Å². The number of aromatic nitrogens is 1. The maximum Gasteiger partial charge on any atom is 0.227 e. The molecule has 4 rings (SSSR count). The van der Waals surface area contributed by atoms with Gasteiger partial charge in [0, 0.05) is 24.7 Å². The van der Waals surface area contributed by atoms with Gasteiger partial charge in [-0.25, -0.2) is 9.37 Å². The molecular formula is C19H16Cl2FN3OS. The van der Waals surface area contributed by atoms with Crippen molar-refractivity contribution in [2.45, 2.75) is 12.8 Å². The van der Waals surface area contributed by atoms with Crippen molar-refractivity contribution in [3.8, 4) is 0 Å². The number of halogens is 3. The van der Waals surface area contributed by atoms with Crippen LogP contribution in [0.3, 0.4) is 0 Å². The van der Waals surface area contributed by atoms with E-state index in [-0.39, 0.29) is 17.6 Å². The number of para-hydroxylation sites is 1. The van der Waals surface area contributed by atoms with Gasteiger partial charge in [0.15, 0.2) is 5.13 Å². The van der Waals surface area contributed by atoms with Gasteiger partial charge in [-0.05, 0) is 43.2 Å². The van der Waals surface area contributed by atoms with E-state index in [2.05, 4.69) is 15.2 Å². The minimum atomic E-state index is -0.300. The van der Waals surface area contributed by atoms with Crippen LogP contribution in [0.5, 0.6) is 0 Å². The van der Waals surface area contributed by atoms with E-state index in [1.165, 1.54) is 17.4 Å². The highest BCUT2D eigenvalue weighted by molar-refractivity contribution is 7.22. The topological polar surface area (TPSA) is 45.2 Å². The zero-order valence-corrected chi connectivity index (χ0v) is 16.5. The van der Waals surface area contributed by atoms with Gasteiger partial charge >= 0.3 is 0 Å². The summed E-state index contributed by atoms with van der Waals surface area (Å²) in [6, 6.07) is 10.0. The lowest BCUT2D eigenvalue weighted by Gasteiger charge is -2.31. The first-order chi connectivity index (χ1) is 13.0. The molecule has 2 heterocycles. The van der Waals surface area contributed by atoms with Crippen molar-refractivity contribution in [1.82, 2.24) is 4.98 Å². The lowest BCUT2D eigenvalue weighted by atomic mass is 9.96. The van der Waals surface area contributed by atoms with Crippen molar-refractivity contribution in [2.24, 2.45) is 5.92 Å². The average molecular weight is 424 g/mol. The predicted molar refractivity (Wildman–Crippen MR) is 110 cm³/mol. The Balaban J connectivity index is 1.39. The standard InChI is InChI=1S/C19H16Cl2FN3OS/c20-13-5-4-12(10-14(13)21)23-18(26)11-6-8-25(9-7-11)19-24-17-15(22)2-1-3-16(17)27-19/h1-5,10-11H,6-9H2,(H,23,26). The van der Waals surface area contributed by atoms with Crippen molar-refractivity contribution < 1.29 is 9.18 Å². The number of carbonyl (C=O) groups excluding carboxylic acids is 1. The first-order valence-corrected chi connectivity index (χ1v) is 10.1. The monoisotopic (exact) mass is 423 g/mol. The van der Waals surface area contributed by atoms with E-state index in [0.29, 0.717) is 47.2 Å². The van der Waals surface area contributed by atoms with Gasteiger partial charge in [0.25, 0.3) is 0 Å². The van der Waals surface area contributed by atoms with Crippen LogP contribution in [-0.4, -0.2) is 24.0 Å². The van der Waals surface area contributed by atoms with Crippen LogP contribution >= 0.6 is 34.5 Å². The van der Waals surface area contributed by atoms with Gasteiger partial charge in [0.05, 0.1) is 14.7 Å². The van der Waals surface area contributed by atoms with Crippen LogP contribution < -0.4 is 10.2 Å². The summed E-state index contributed by atoms with van der Waals surface area (Å²) in [6.45, 7) is 1.42. The summed E-state index contributed by atoms with van der Waals surface area (Å²) in [7, 11) is 0. The van der Waals surface area contributed by atoms with E-state index >= 15 is 0 Å². The number of hydrogen-bond donors (Lipinski definition) is 1. The number of nitrogens with zero attached hydrogens (tertiary/aromatic N) is 2. The molecule has 8 heteroatoms. The van der Waals surface area contributed by atoms with Crippen molar-refractivity contribution in [3.63, 3.8) is 0 Å². The number of fused-ring (bicyclic) bond motifs is 1. The van der Waals surface area contributed by atoms with E-state index < -0.39 is 0 Å². The SMILES string of the molecule is O=C(Nc1ccc(Cl)c(Cl)c1)C1CCN(c2nc3c(F)cccc3s2)CC1. The highest BCUT2D eigenvalue weighted by Gasteiger charge is 2.27. The Hall–Kier alpha value is -1.89.